The summed E-state index contributed by atoms with van der Waals surface area (Å²) in [7, 11) is 3.18. The average molecular weight is 380 g/mol. The zero-order valence-corrected chi connectivity index (χ0v) is 16.3. The highest BCUT2D eigenvalue weighted by atomic mass is 16.5. The van der Waals surface area contributed by atoms with Crippen LogP contribution < -0.4 is 14.8 Å². The van der Waals surface area contributed by atoms with E-state index in [4.69, 9.17) is 19.5 Å². The van der Waals surface area contributed by atoms with Crippen LogP contribution in [0.1, 0.15) is 29.7 Å². The summed E-state index contributed by atoms with van der Waals surface area (Å²) < 4.78 is 16.0. The molecule has 0 saturated heterocycles. The number of carbonyl (C=O) groups is 1. The minimum absolute atomic E-state index is 0.231. The predicted molar refractivity (Wildman–Crippen MR) is 107 cm³/mol. The molecule has 6 nitrogen and oxygen atoms in total. The Bertz CT molecular complexity index is 871. The van der Waals surface area contributed by atoms with Crippen molar-refractivity contribution in [2.75, 3.05) is 27.4 Å². The molecule has 1 atom stereocenters. The minimum atomic E-state index is -0.250. The number of rotatable bonds is 9. The number of nitrogens with one attached hydrogen (secondary N) is 1. The molecule has 0 aromatic heterocycles. The van der Waals surface area contributed by atoms with Gasteiger partial charge in [0.2, 0.25) is 5.91 Å². The number of hydrogen-bond acceptors (Lipinski definition) is 5. The van der Waals surface area contributed by atoms with Gasteiger partial charge in [-0.15, -0.1) is 0 Å². The summed E-state index contributed by atoms with van der Waals surface area (Å²) in [4.78, 5) is 12.2. The maximum atomic E-state index is 12.2. The first-order valence-electron chi connectivity index (χ1n) is 8.86. The van der Waals surface area contributed by atoms with Crippen molar-refractivity contribution in [1.82, 2.24) is 5.32 Å². The third-order valence-corrected chi connectivity index (χ3v) is 4.09. The molecule has 1 N–H and O–H groups in total. The lowest BCUT2D eigenvalue weighted by Crippen LogP contribution is -2.24. The van der Waals surface area contributed by atoms with Crippen LogP contribution in [-0.2, 0) is 9.53 Å². The quantitative estimate of drug-likeness (QED) is 0.532. The number of nitriles is 1. The van der Waals surface area contributed by atoms with Crippen molar-refractivity contribution in [3.05, 3.63) is 65.2 Å². The van der Waals surface area contributed by atoms with Gasteiger partial charge in [-0.2, -0.15) is 5.26 Å². The van der Waals surface area contributed by atoms with Crippen LogP contribution in [0.15, 0.2) is 48.5 Å². The summed E-state index contributed by atoms with van der Waals surface area (Å²) in [6.45, 7) is 2.79. The fraction of sp³-hybridized carbons (Fsp3) is 0.273. The first kappa shape index (κ1) is 21.0. The Balaban J connectivity index is 2.03. The van der Waals surface area contributed by atoms with Crippen molar-refractivity contribution in [3.8, 4) is 17.6 Å². The van der Waals surface area contributed by atoms with Gasteiger partial charge in [0.1, 0.15) is 6.61 Å². The Kier molecular flexibility index (Phi) is 8.07. The van der Waals surface area contributed by atoms with E-state index in [-0.39, 0.29) is 11.9 Å². The molecule has 2 aromatic rings. The highest BCUT2D eigenvalue weighted by Crippen LogP contribution is 2.30. The van der Waals surface area contributed by atoms with Crippen LogP contribution in [0.5, 0.6) is 11.5 Å². The normalized spacial score (nSPS) is 11.6. The van der Waals surface area contributed by atoms with Crippen molar-refractivity contribution < 1.29 is 19.0 Å². The van der Waals surface area contributed by atoms with Crippen LogP contribution in [0.2, 0.25) is 0 Å². The van der Waals surface area contributed by atoms with Crippen LogP contribution in [0.3, 0.4) is 0 Å². The molecule has 146 valence electrons. The summed E-state index contributed by atoms with van der Waals surface area (Å²) in [6, 6.07) is 14.5. The second-order valence-corrected chi connectivity index (χ2v) is 6.01. The second-order valence-electron chi connectivity index (χ2n) is 6.01. The Morgan fingerprint density at radius 3 is 2.68 bits per heavy atom. The number of carbonyl (C=O) groups excluding carboxylic acids is 1. The Morgan fingerprint density at radius 2 is 1.96 bits per heavy atom. The van der Waals surface area contributed by atoms with E-state index in [1.165, 1.54) is 6.08 Å². The number of benzene rings is 2. The van der Waals surface area contributed by atoms with Crippen LogP contribution in [0, 0.1) is 11.3 Å². The van der Waals surface area contributed by atoms with Gasteiger partial charge in [-0.05, 0) is 42.3 Å². The van der Waals surface area contributed by atoms with Gasteiger partial charge in [-0.3, -0.25) is 4.79 Å². The highest BCUT2D eigenvalue weighted by Gasteiger charge is 2.12. The molecule has 0 aliphatic carbocycles. The van der Waals surface area contributed by atoms with Gasteiger partial charge in [-0.25, -0.2) is 0 Å². The number of methoxy groups -OCH3 is 2. The summed E-state index contributed by atoms with van der Waals surface area (Å²) in [5.74, 6) is 0.961. The Morgan fingerprint density at radius 1 is 1.18 bits per heavy atom. The van der Waals surface area contributed by atoms with Crippen LogP contribution in [0.25, 0.3) is 6.08 Å². The first-order valence-corrected chi connectivity index (χ1v) is 8.86. The zero-order chi connectivity index (χ0) is 20.4. The molecule has 0 fully saturated rings. The molecule has 2 aromatic carbocycles. The molecule has 0 spiro atoms. The number of amides is 1. The monoisotopic (exact) mass is 380 g/mol. The van der Waals surface area contributed by atoms with Crippen LogP contribution in [-0.4, -0.2) is 33.3 Å². The largest absolute Gasteiger partial charge is 0.493 e. The fourth-order valence-corrected chi connectivity index (χ4v) is 2.56. The maximum Gasteiger partial charge on any atom is 0.244 e. The lowest BCUT2D eigenvalue weighted by molar-refractivity contribution is -0.117. The molecule has 0 aliphatic rings. The minimum Gasteiger partial charge on any atom is -0.493 e. The lowest BCUT2D eigenvalue weighted by Gasteiger charge is -2.16. The second kappa shape index (κ2) is 10.8. The van der Waals surface area contributed by atoms with Crippen molar-refractivity contribution in [3.63, 3.8) is 0 Å². The first-order chi connectivity index (χ1) is 13.6. The van der Waals surface area contributed by atoms with Gasteiger partial charge in [-0.1, -0.05) is 24.3 Å². The third-order valence-electron chi connectivity index (χ3n) is 4.09. The molecule has 28 heavy (non-hydrogen) atoms. The van der Waals surface area contributed by atoms with Gasteiger partial charge >= 0.3 is 0 Å². The number of hydrogen-bond donors (Lipinski definition) is 1. The van der Waals surface area contributed by atoms with Gasteiger partial charge in [0, 0.05) is 13.2 Å². The summed E-state index contributed by atoms with van der Waals surface area (Å²) in [5, 5.41) is 12.0. The highest BCUT2D eigenvalue weighted by molar-refractivity contribution is 5.92. The molecular weight excluding hydrogens is 356 g/mol. The molecule has 0 aliphatic heterocycles. The standard InChI is InChI=1S/C22H24N2O4/c1-16(18-8-10-20(21(14-18)27-3)28-13-12-26-2)24-22(25)11-9-17-6-4-5-7-19(17)15-23/h4-11,14,16H,12-13H2,1-3H3,(H,24,25)/b11-9+. The molecule has 0 bridgehead atoms. The van der Waals surface area contributed by atoms with Gasteiger partial charge in [0.25, 0.3) is 0 Å². The van der Waals surface area contributed by atoms with Crippen molar-refractivity contribution in [2.45, 2.75) is 13.0 Å². The Labute approximate surface area is 165 Å². The van der Waals surface area contributed by atoms with E-state index in [1.807, 2.05) is 31.2 Å². The summed E-state index contributed by atoms with van der Waals surface area (Å²) in [5.41, 5.74) is 2.11. The molecule has 0 radical (unpaired) electrons. The number of ether oxygens (including phenoxy) is 3. The lowest BCUT2D eigenvalue weighted by atomic mass is 10.1. The van der Waals surface area contributed by atoms with E-state index < -0.39 is 0 Å². The molecule has 1 unspecified atom stereocenters. The third kappa shape index (κ3) is 5.86. The van der Waals surface area contributed by atoms with Gasteiger partial charge in [0.15, 0.2) is 11.5 Å². The van der Waals surface area contributed by atoms with E-state index in [0.717, 1.165) is 5.56 Å². The van der Waals surface area contributed by atoms with Crippen molar-refractivity contribution in [1.29, 1.82) is 5.26 Å². The van der Waals surface area contributed by atoms with Crippen LogP contribution >= 0.6 is 0 Å². The zero-order valence-electron chi connectivity index (χ0n) is 16.3. The molecule has 6 heteroatoms. The van der Waals surface area contributed by atoms with E-state index in [1.54, 1.807) is 38.5 Å². The van der Waals surface area contributed by atoms with E-state index >= 15 is 0 Å². The molecule has 0 heterocycles. The van der Waals surface area contributed by atoms with E-state index in [2.05, 4.69) is 11.4 Å². The van der Waals surface area contributed by atoms with E-state index in [0.29, 0.717) is 35.8 Å². The Hall–Kier alpha value is -3.30. The smallest absolute Gasteiger partial charge is 0.244 e. The van der Waals surface area contributed by atoms with Crippen molar-refractivity contribution >= 4 is 12.0 Å². The molecule has 0 saturated carbocycles. The fourth-order valence-electron chi connectivity index (χ4n) is 2.56. The van der Waals surface area contributed by atoms with E-state index in [9.17, 15) is 4.79 Å². The SMILES string of the molecule is COCCOc1ccc(C(C)NC(=O)/C=C/c2ccccc2C#N)cc1OC. The molecule has 2 rings (SSSR count). The maximum absolute atomic E-state index is 12.2. The molecule has 1 amide bonds. The predicted octanol–water partition coefficient (Wildman–Crippen LogP) is 3.48. The summed E-state index contributed by atoms with van der Waals surface area (Å²) in [6.07, 6.45) is 3.06. The van der Waals surface area contributed by atoms with Gasteiger partial charge < -0.3 is 19.5 Å². The number of nitrogens with zero attached hydrogens (tertiary/aromatic N) is 1. The summed E-state index contributed by atoms with van der Waals surface area (Å²) >= 11 is 0. The van der Waals surface area contributed by atoms with Gasteiger partial charge in [0.05, 0.1) is 31.4 Å². The topological polar surface area (TPSA) is 80.6 Å². The average Bonchev–Trinajstić information content (AvgIpc) is 2.72. The van der Waals surface area contributed by atoms with Crippen LogP contribution in [0.4, 0.5) is 0 Å². The van der Waals surface area contributed by atoms with Crippen molar-refractivity contribution in [2.24, 2.45) is 0 Å². The molecular formula is C22H24N2O4.